The van der Waals surface area contributed by atoms with Gasteiger partial charge in [0.05, 0.1) is 12.2 Å². The summed E-state index contributed by atoms with van der Waals surface area (Å²) < 4.78 is 11.1. The predicted molar refractivity (Wildman–Crippen MR) is 115 cm³/mol. The number of aromatic nitrogens is 1. The molecule has 0 saturated heterocycles. The van der Waals surface area contributed by atoms with Crippen molar-refractivity contribution in [2.75, 3.05) is 26.7 Å². The number of halogens is 1. The van der Waals surface area contributed by atoms with Crippen LogP contribution in [0.3, 0.4) is 0 Å². The number of ether oxygens (including phenoxy) is 1. The lowest BCUT2D eigenvalue weighted by atomic mass is 10.2. The van der Waals surface area contributed by atoms with Gasteiger partial charge >= 0.3 is 0 Å². The fourth-order valence-electron chi connectivity index (χ4n) is 2.26. The number of rotatable bonds is 8. The third kappa shape index (κ3) is 7.23. The highest BCUT2D eigenvalue weighted by atomic mass is 127. The largest absolute Gasteiger partial charge is 0.492 e. The Hall–Kier alpha value is -1.77. The van der Waals surface area contributed by atoms with Crippen LogP contribution in [0.4, 0.5) is 0 Å². The van der Waals surface area contributed by atoms with Crippen LogP contribution in [-0.4, -0.2) is 42.8 Å². The van der Waals surface area contributed by atoms with Gasteiger partial charge in [-0.2, -0.15) is 0 Å². The number of benzene rings is 1. The summed E-state index contributed by atoms with van der Waals surface area (Å²) in [7, 11) is 2.00. The average molecular weight is 472 g/mol. The van der Waals surface area contributed by atoms with Crippen molar-refractivity contribution >= 4 is 29.9 Å². The van der Waals surface area contributed by atoms with Crippen LogP contribution < -0.4 is 10.1 Å². The molecular weight excluding hydrogens is 443 g/mol. The summed E-state index contributed by atoms with van der Waals surface area (Å²) in [5, 5.41) is 7.28. The van der Waals surface area contributed by atoms with Gasteiger partial charge in [-0.25, -0.2) is 4.99 Å². The van der Waals surface area contributed by atoms with Crippen molar-refractivity contribution in [3.63, 3.8) is 0 Å². The fraction of sp³-hybridized carbons (Fsp3) is 0.474. The highest BCUT2D eigenvalue weighted by molar-refractivity contribution is 14.0. The summed E-state index contributed by atoms with van der Waals surface area (Å²) in [6.45, 7) is 8.76. The minimum absolute atomic E-state index is 0. The number of hydrogen-bond acceptors (Lipinski definition) is 4. The van der Waals surface area contributed by atoms with E-state index in [2.05, 4.69) is 41.1 Å². The minimum Gasteiger partial charge on any atom is -0.492 e. The van der Waals surface area contributed by atoms with Gasteiger partial charge in [0, 0.05) is 19.7 Å². The van der Waals surface area contributed by atoms with Gasteiger partial charge in [-0.1, -0.05) is 29.8 Å². The lowest BCUT2D eigenvalue weighted by Crippen LogP contribution is -2.40. The van der Waals surface area contributed by atoms with Crippen LogP contribution in [0.2, 0.25) is 0 Å². The van der Waals surface area contributed by atoms with E-state index >= 15 is 0 Å². The molecule has 0 unspecified atom stereocenters. The van der Waals surface area contributed by atoms with Gasteiger partial charge < -0.3 is 19.5 Å². The molecule has 26 heavy (non-hydrogen) atoms. The standard InChI is InChI=1S/C19H28N4O2.HI/c1-5-16-13-18(25-22-16)14-21-19(20-6-2)23(4)11-12-24-17-9-7-15(3)8-10-17;/h7-10,13H,5-6,11-12,14H2,1-4H3,(H,20,21);1H. The zero-order valence-electron chi connectivity index (χ0n) is 16.0. The summed E-state index contributed by atoms with van der Waals surface area (Å²) in [4.78, 5) is 6.66. The van der Waals surface area contributed by atoms with E-state index in [1.54, 1.807) is 0 Å². The van der Waals surface area contributed by atoms with E-state index in [4.69, 9.17) is 9.26 Å². The van der Waals surface area contributed by atoms with Gasteiger partial charge in [0.25, 0.3) is 0 Å². The molecule has 0 saturated carbocycles. The van der Waals surface area contributed by atoms with Gasteiger partial charge in [-0.05, 0) is 32.4 Å². The number of likely N-dealkylation sites (N-methyl/N-ethyl adjacent to an activating group) is 1. The maximum atomic E-state index is 5.79. The molecule has 0 spiro atoms. The fourth-order valence-corrected chi connectivity index (χ4v) is 2.26. The van der Waals surface area contributed by atoms with Crippen LogP contribution in [0.25, 0.3) is 0 Å². The Bertz CT molecular complexity index is 670. The van der Waals surface area contributed by atoms with E-state index in [1.165, 1.54) is 5.56 Å². The molecule has 1 aromatic heterocycles. The second-order valence-electron chi connectivity index (χ2n) is 5.89. The van der Waals surface area contributed by atoms with E-state index in [1.807, 2.05) is 37.4 Å². The average Bonchev–Trinajstić information content (AvgIpc) is 3.08. The maximum Gasteiger partial charge on any atom is 0.194 e. The van der Waals surface area contributed by atoms with Crippen molar-refractivity contribution in [2.24, 2.45) is 4.99 Å². The smallest absolute Gasteiger partial charge is 0.194 e. The monoisotopic (exact) mass is 472 g/mol. The van der Waals surface area contributed by atoms with Crippen molar-refractivity contribution in [1.82, 2.24) is 15.4 Å². The molecule has 1 aromatic carbocycles. The Morgan fingerprint density at radius 1 is 1.27 bits per heavy atom. The Morgan fingerprint density at radius 3 is 2.62 bits per heavy atom. The second kappa shape index (κ2) is 11.8. The summed E-state index contributed by atoms with van der Waals surface area (Å²) in [6, 6.07) is 10.0. The van der Waals surface area contributed by atoms with Crippen molar-refractivity contribution in [3.8, 4) is 5.75 Å². The Labute approximate surface area is 173 Å². The molecule has 2 aromatic rings. The normalized spacial score (nSPS) is 11.0. The van der Waals surface area contributed by atoms with Crippen molar-refractivity contribution < 1.29 is 9.26 Å². The molecule has 0 radical (unpaired) electrons. The Balaban J connectivity index is 0.00000338. The lowest BCUT2D eigenvalue weighted by Gasteiger charge is -2.22. The van der Waals surface area contributed by atoms with E-state index in [-0.39, 0.29) is 24.0 Å². The molecule has 144 valence electrons. The summed E-state index contributed by atoms with van der Waals surface area (Å²) in [5.41, 5.74) is 2.18. The van der Waals surface area contributed by atoms with Gasteiger partial charge in [0.2, 0.25) is 0 Å². The number of nitrogens with zero attached hydrogens (tertiary/aromatic N) is 3. The first-order valence-corrected chi connectivity index (χ1v) is 8.75. The first-order chi connectivity index (χ1) is 12.1. The van der Waals surface area contributed by atoms with E-state index in [0.717, 1.165) is 42.7 Å². The molecule has 6 nitrogen and oxygen atoms in total. The molecule has 2 rings (SSSR count). The summed E-state index contributed by atoms with van der Waals surface area (Å²) in [5.74, 6) is 2.48. The zero-order chi connectivity index (χ0) is 18.1. The number of nitrogens with one attached hydrogen (secondary N) is 1. The second-order valence-corrected chi connectivity index (χ2v) is 5.89. The van der Waals surface area contributed by atoms with Gasteiger partial charge in [-0.3, -0.25) is 0 Å². The Morgan fingerprint density at radius 2 is 2.00 bits per heavy atom. The Kier molecular flexibility index (Phi) is 10.1. The first kappa shape index (κ1) is 22.3. The molecule has 7 heteroatoms. The topological polar surface area (TPSA) is 62.9 Å². The molecule has 0 atom stereocenters. The first-order valence-electron chi connectivity index (χ1n) is 8.75. The summed E-state index contributed by atoms with van der Waals surface area (Å²) in [6.07, 6.45) is 0.865. The molecule has 0 bridgehead atoms. The quantitative estimate of drug-likeness (QED) is 0.361. The van der Waals surface area contributed by atoms with Gasteiger partial charge in [0.1, 0.15) is 18.9 Å². The molecule has 0 aliphatic heterocycles. The minimum atomic E-state index is 0. The molecule has 0 aliphatic carbocycles. The highest BCUT2D eigenvalue weighted by Crippen LogP contribution is 2.11. The van der Waals surface area contributed by atoms with E-state index < -0.39 is 0 Å². The third-order valence-electron chi connectivity index (χ3n) is 3.77. The number of guanidine groups is 1. The predicted octanol–water partition coefficient (Wildman–Crippen LogP) is 3.64. The molecule has 0 fully saturated rings. The van der Waals surface area contributed by atoms with Crippen molar-refractivity contribution in [1.29, 1.82) is 0 Å². The molecule has 1 N–H and O–H groups in total. The van der Waals surface area contributed by atoms with Crippen molar-refractivity contribution in [2.45, 2.75) is 33.7 Å². The van der Waals surface area contributed by atoms with Gasteiger partial charge in [-0.15, -0.1) is 24.0 Å². The molecule has 1 heterocycles. The molecule has 0 aliphatic rings. The molecule has 0 amide bonds. The SMILES string of the molecule is CCNC(=NCc1cc(CC)no1)N(C)CCOc1ccc(C)cc1.I. The number of hydrogen-bond donors (Lipinski definition) is 1. The highest BCUT2D eigenvalue weighted by Gasteiger charge is 2.07. The third-order valence-corrected chi connectivity index (χ3v) is 3.77. The zero-order valence-corrected chi connectivity index (χ0v) is 18.3. The van der Waals surface area contributed by atoms with Crippen LogP contribution in [-0.2, 0) is 13.0 Å². The van der Waals surface area contributed by atoms with Crippen molar-refractivity contribution in [3.05, 3.63) is 47.3 Å². The summed E-state index contributed by atoms with van der Waals surface area (Å²) >= 11 is 0. The van der Waals surface area contributed by atoms with E-state index in [0.29, 0.717) is 13.2 Å². The van der Waals surface area contributed by atoms with Gasteiger partial charge in [0.15, 0.2) is 11.7 Å². The maximum absolute atomic E-state index is 5.79. The number of aliphatic imine (C=N–C) groups is 1. The van der Waals surface area contributed by atoms with Crippen LogP contribution in [0.5, 0.6) is 5.75 Å². The van der Waals surface area contributed by atoms with Crippen LogP contribution in [0.15, 0.2) is 39.8 Å². The van der Waals surface area contributed by atoms with Crippen LogP contribution in [0, 0.1) is 6.92 Å². The lowest BCUT2D eigenvalue weighted by molar-refractivity contribution is 0.281. The molecular formula is C19H29IN4O2. The van der Waals surface area contributed by atoms with Crippen LogP contribution in [0.1, 0.15) is 30.9 Å². The number of aryl methyl sites for hydroxylation is 2. The van der Waals surface area contributed by atoms with Crippen LogP contribution >= 0.6 is 24.0 Å². The van der Waals surface area contributed by atoms with E-state index in [9.17, 15) is 0 Å².